The van der Waals surface area contributed by atoms with E-state index in [-0.39, 0.29) is 29.9 Å². The van der Waals surface area contributed by atoms with Crippen LogP contribution in [0.1, 0.15) is 33.6 Å². The second-order valence-electron chi connectivity index (χ2n) is 5.05. The molecule has 1 heterocycles. The summed E-state index contributed by atoms with van der Waals surface area (Å²) in [5.41, 5.74) is 1.18. The molecule has 2 rings (SSSR count). The standard InChI is InChI=1S/C15H17N3O4/c1-16-10-3-4-11(9(7-10)8-19)15(22)18(2)12-5-6-13(20)17-14(12)21/h3-4,7-8,12,16H,5-6H2,1-2H3,(H,17,20,21)/t12-/m0/s1. The molecule has 1 aliphatic rings. The van der Waals surface area contributed by atoms with Gasteiger partial charge < -0.3 is 10.2 Å². The van der Waals surface area contributed by atoms with Gasteiger partial charge in [-0.2, -0.15) is 0 Å². The maximum atomic E-state index is 12.5. The van der Waals surface area contributed by atoms with Gasteiger partial charge in [-0.25, -0.2) is 0 Å². The number of imide groups is 1. The van der Waals surface area contributed by atoms with Crippen molar-refractivity contribution in [1.29, 1.82) is 0 Å². The van der Waals surface area contributed by atoms with Crippen molar-refractivity contribution < 1.29 is 19.2 Å². The first-order chi connectivity index (χ1) is 10.5. The molecule has 116 valence electrons. The largest absolute Gasteiger partial charge is 0.388 e. The molecule has 1 aliphatic heterocycles. The first kappa shape index (κ1) is 15.7. The van der Waals surface area contributed by atoms with E-state index in [2.05, 4.69) is 10.6 Å². The van der Waals surface area contributed by atoms with Gasteiger partial charge in [0.1, 0.15) is 6.04 Å². The number of nitrogens with zero attached hydrogens (tertiary/aromatic N) is 1. The van der Waals surface area contributed by atoms with Gasteiger partial charge in [0.05, 0.1) is 5.56 Å². The number of piperidine rings is 1. The first-order valence-corrected chi connectivity index (χ1v) is 6.85. The minimum atomic E-state index is -0.714. The summed E-state index contributed by atoms with van der Waals surface area (Å²) in [6.45, 7) is 0. The Labute approximate surface area is 127 Å². The summed E-state index contributed by atoms with van der Waals surface area (Å²) in [6.07, 6.45) is 1.07. The number of carbonyl (C=O) groups is 4. The maximum absolute atomic E-state index is 12.5. The molecular weight excluding hydrogens is 286 g/mol. The molecule has 0 saturated carbocycles. The molecule has 3 amide bonds. The van der Waals surface area contributed by atoms with Crippen LogP contribution >= 0.6 is 0 Å². The Morgan fingerprint density at radius 3 is 2.73 bits per heavy atom. The summed E-state index contributed by atoms with van der Waals surface area (Å²) in [5.74, 6) is -1.26. The summed E-state index contributed by atoms with van der Waals surface area (Å²) < 4.78 is 0. The summed E-state index contributed by atoms with van der Waals surface area (Å²) in [5, 5.41) is 5.10. The van der Waals surface area contributed by atoms with E-state index < -0.39 is 17.9 Å². The third-order valence-electron chi connectivity index (χ3n) is 3.70. The van der Waals surface area contributed by atoms with Gasteiger partial charge in [0, 0.05) is 31.8 Å². The zero-order valence-corrected chi connectivity index (χ0v) is 12.4. The van der Waals surface area contributed by atoms with Gasteiger partial charge in [-0.3, -0.25) is 24.5 Å². The molecule has 2 N–H and O–H groups in total. The number of amides is 3. The fraction of sp³-hybridized carbons (Fsp3) is 0.333. The Morgan fingerprint density at radius 1 is 1.41 bits per heavy atom. The van der Waals surface area contributed by atoms with Gasteiger partial charge in [-0.1, -0.05) is 0 Å². The highest BCUT2D eigenvalue weighted by molar-refractivity contribution is 6.06. The Morgan fingerprint density at radius 2 is 2.14 bits per heavy atom. The fourth-order valence-electron chi connectivity index (χ4n) is 2.39. The van der Waals surface area contributed by atoms with Crippen molar-refractivity contribution in [2.24, 2.45) is 0 Å². The zero-order chi connectivity index (χ0) is 16.3. The van der Waals surface area contributed by atoms with Crippen LogP contribution in [0, 0.1) is 0 Å². The van der Waals surface area contributed by atoms with Crippen LogP contribution in [0.2, 0.25) is 0 Å². The van der Waals surface area contributed by atoms with Crippen LogP contribution in [0.4, 0.5) is 5.69 Å². The minimum absolute atomic E-state index is 0.188. The number of rotatable bonds is 4. The van der Waals surface area contributed by atoms with Crippen LogP contribution in [0.15, 0.2) is 18.2 Å². The summed E-state index contributed by atoms with van der Waals surface area (Å²) in [4.78, 5) is 48.0. The lowest BCUT2D eigenvalue weighted by atomic mass is 10.0. The summed E-state index contributed by atoms with van der Waals surface area (Å²) >= 11 is 0. The van der Waals surface area contributed by atoms with Crippen LogP contribution in [-0.4, -0.2) is 49.0 Å². The lowest BCUT2D eigenvalue weighted by Gasteiger charge is -2.30. The minimum Gasteiger partial charge on any atom is -0.388 e. The van der Waals surface area contributed by atoms with Crippen molar-refractivity contribution in [3.05, 3.63) is 29.3 Å². The van der Waals surface area contributed by atoms with Crippen molar-refractivity contribution in [3.63, 3.8) is 0 Å². The number of hydrogen-bond acceptors (Lipinski definition) is 5. The predicted octanol–water partition coefficient (Wildman–Crippen LogP) is 0.418. The average Bonchev–Trinajstić information content (AvgIpc) is 2.53. The van der Waals surface area contributed by atoms with E-state index in [1.54, 1.807) is 25.2 Å². The Balaban J connectivity index is 2.25. The van der Waals surface area contributed by atoms with E-state index in [1.165, 1.54) is 11.9 Å². The normalized spacial score (nSPS) is 17.6. The number of benzene rings is 1. The number of hydrogen-bond donors (Lipinski definition) is 2. The van der Waals surface area contributed by atoms with Gasteiger partial charge in [0.2, 0.25) is 11.8 Å². The molecule has 7 heteroatoms. The third-order valence-corrected chi connectivity index (χ3v) is 3.70. The lowest BCUT2D eigenvalue weighted by Crippen LogP contribution is -2.53. The van der Waals surface area contributed by atoms with Crippen molar-refractivity contribution >= 4 is 29.7 Å². The van der Waals surface area contributed by atoms with Crippen LogP contribution in [0.3, 0.4) is 0 Å². The quantitative estimate of drug-likeness (QED) is 0.621. The highest BCUT2D eigenvalue weighted by atomic mass is 16.2. The van der Waals surface area contributed by atoms with Crippen LogP contribution in [0.5, 0.6) is 0 Å². The van der Waals surface area contributed by atoms with Crippen LogP contribution in [0.25, 0.3) is 0 Å². The van der Waals surface area contributed by atoms with Gasteiger partial charge in [-0.15, -0.1) is 0 Å². The van der Waals surface area contributed by atoms with Crippen LogP contribution < -0.4 is 10.6 Å². The fourth-order valence-corrected chi connectivity index (χ4v) is 2.39. The number of likely N-dealkylation sites (N-methyl/N-ethyl adjacent to an activating group) is 1. The van der Waals surface area contributed by atoms with E-state index in [0.717, 1.165) is 0 Å². The van der Waals surface area contributed by atoms with E-state index in [0.29, 0.717) is 12.0 Å². The molecule has 0 aromatic heterocycles. The van der Waals surface area contributed by atoms with Crippen molar-refractivity contribution in [3.8, 4) is 0 Å². The molecule has 0 aliphatic carbocycles. The van der Waals surface area contributed by atoms with Crippen molar-refractivity contribution in [2.75, 3.05) is 19.4 Å². The monoisotopic (exact) mass is 303 g/mol. The summed E-state index contributed by atoms with van der Waals surface area (Å²) in [6, 6.07) is 4.07. The summed E-state index contributed by atoms with van der Waals surface area (Å²) in [7, 11) is 3.20. The Bertz CT molecular complexity index is 642. The van der Waals surface area contributed by atoms with Crippen LogP contribution in [-0.2, 0) is 9.59 Å². The molecular formula is C15H17N3O4. The van der Waals surface area contributed by atoms with Crippen molar-refractivity contribution in [2.45, 2.75) is 18.9 Å². The first-order valence-electron chi connectivity index (χ1n) is 6.85. The lowest BCUT2D eigenvalue weighted by molar-refractivity contribution is -0.136. The molecule has 1 aromatic carbocycles. The van der Waals surface area contributed by atoms with Crippen molar-refractivity contribution in [1.82, 2.24) is 10.2 Å². The third kappa shape index (κ3) is 2.98. The van der Waals surface area contributed by atoms with E-state index in [1.807, 2.05) is 0 Å². The number of carbonyl (C=O) groups excluding carboxylic acids is 4. The van der Waals surface area contributed by atoms with E-state index in [4.69, 9.17) is 0 Å². The Kier molecular flexibility index (Phi) is 4.55. The number of aldehydes is 1. The van der Waals surface area contributed by atoms with Gasteiger partial charge in [0.15, 0.2) is 6.29 Å². The second-order valence-corrected chi connectivity index (χ2v) is 5.05. The SMILES string of the molecule is CNc1ccc(C(=O)N(C)[C@H]2CCC(=O)NC2=O)c(C=O)c1. The number of nitrogens with one attached hydrogen (secondary N) is 2. The molecule has 0 spiro atoms. The zero-order valence-electron chi connectivity index (χ0n) is 12.4. The molecule has 22 heavy (non-hydrogen) atoms. The Hall–Kier alpha value is -2.70. The molecule has 1 fully saturated rings. The average molecular weight is 303 g/mol. The molecule has 0 radical (unpaired) electrons. The molecule has 0 unspecified atom stereocenters. The number of anilines is 1. The maximum Gasteiger partial charge on any atom is 0.255 e. The molecule has 1 aromatic rings. The highest BCUT2D eigenvalue weighted by Gasteiger charge is 2.33. The predicted molar refractivity (Wildman–Crippen MR) is 79.6 cm³/mol. The second kappa shape index (κ2) is 6.38. The molecule has 7 nitrogen and oxygen atoms in total. The van der Waals surface area contributed by atoms with Gasteiger partial charge in [0.25, 0.3) is 5.91 Å². The highest BCUT2D eigenvalue weighted by Crippen LogP contribution is 2.19. The van der Waals surface area contributed by atoms with Gasteiger partial charge >= 0.3 is 0 Å². The van der Waals surface area contributed by atoms with E-state index in [9.17, 15) is 19.2 Å². The molecule has 1 atom stereocenters. The molecule has 0 bridgehead atoms. The van der Waals surface area contributed by atoms with E-state index >= 15 is 0 Å². The molecule has 1 saturated heterocycles. The topological polar surface area (TPSA) is 95.6 Å². The van der Waals surface area contributed by atoms with Gasteiger partial charge in [-0.05, 0) is 24.6 Å². The smallest absolute Gasteiger partial charge is 0.255 e.